The molecule has 4 saturated carbocycles. The van der Waals surface area contributed by atoms with Crippen molar-refractivity contribution in [3.63, 3.8) is 0 Å². The highest BCUT2D eigenvalue weighted by Gasteiger charge is 2.51. The van der Waals surface area contributed by atoms with Crippen LogP contribution < -0.4 is 10.6 Å². The summed E-state index contributed by atoms with van der Waals surface area (Å²) < 4.78 is 0. The Labute approximate surface area is 175 Å². The van der Waals surface area contributed by atoms with Crippen molar-refractivity contribution in [2.45, 2.75) is 61.1 Å². The third kappa shape index (κ3) is 3.75. The Bertz CT molecular complexity index is 920. The molecule has 0 aliphatic heterocycles. The van der Waals surface area contributed by atoms with E-state index in [1.807, 2.05) is 37.3 Å². The van der Waals surface area contributed by atoms with E-state index < -0.39 is 0 Å². The standard InChI is InChI=1S/C23H27N3O2S/c1-14(29-20-6-7-24-19-5-3-2-4-18(19)20)21(27)25-22(28)26-23-11-15-8-16(12-23)10-17(9-15)13-23/h2-7,14-17H,8-13H2,1H3,(H2,25,26,27,28). The van der Waals surface area contributed by atoms with Gasteiger partial charge in [-0.25, -0.2) is 4.79 Å². The Morgan fingerprint density at radius 3 is 2.41 bits per heavy atom. The van der Waals surface area contributed by atoms with Gasteiger partial charge in [0, 0.05) is 22.0 Å². The average Bonchev–Trinajstić information content (AvgIpc) is 2.66. The summed E-state index contributed by atoms with van der Waals surface area (Å²) in [4.78, 5) is 30.7. The molecule has 6 rings (SSSR count). The monoisotopic (exact) mass is 409 g/mol. The van der Waals surface area contributed by atoms with Gasteiger partial charge in [0.15, 0.2) is 0 Å². The van der Waals surface area contributed by atoms with Gasteiger partial charge in [0.1, 0.15) is 0 Å². The summed E-state index contributed by atoms with van der Waals surface area (Å²) in [5.74, 6) is 2.02. The summed E-state index contributed by atoms with van der Waals surface area (Å²) >= 11 is 1.46. The lowest BCUT2D eigenvalue weighted by atomic mass is 9.53. The molecule has 4 bridgehead atoms. The van der Waals surface area contributed by atoms with Crippen LogP contribution in [0.5, 0.6) is 0 Å². The van der Waals surface area contributed by atoms with E-state index in [1.165, 1.54) is 31.0 Å². The number of benzene rings is 1. The van der Waals surface area contributed by atoms with Crippen molar-refractivity contribution in [2.75, 3.05) is 0 Å². The molecular formula is C23H27N3O2S. The van der Waals surface area contributed by atoms with Crippen LogP contribution >= 0.6 is 11.8 Å². The van der Waals surface area contributed by atoms with E-state index in [0.717, 1.165) is 52.8 Å². The Morgan fingerprint density at radius 1 is 1.07 bits per heavy atom. The molecule has 5 nitrogen and oxygen atoms in total. The van der Waals surface area contributed by atoms with Crippen LogP contribution in [-0.4, -0.2) is 27.7 Å². The summed E-state index contributed by atoms with van der Waals surface area (Å²) in [6, 6.07) is 9.49. The number of imide groups is 1. The number of urea groups is 1. The zero-order valence-electron chi connectivity index (χ0n) is 16.7. The van der Waals surface area contributed by atoms with Crippen LogP contribution in [0.4, 0.5) is 4.79 Å². The number of hydrogen-bond donors (Lipinski definition) is 2. The maximum absolute atomic E-state index is 12.7. The van der Waals surface area contributed by atoms with Gasteiger partial charge in [-0.05, 0) is 75.3 Å². The first-order valence-corrected chi connectivity index (χ1v) is 11.5. The third-order valence-corrected chi connectivity index (χ3v) is 8.11. The number of nitrogens with zero attached hydrogens (tertiary/aromatic N) is 1. The zero-order valence-corrected chi connectivity index (χ0v) is 17.5. The van der Waals surface area contributed by atoms with E-state index in [4.69, 9.17) is 0 Å². The topological polar surface area (TPSA) is 71.1 Å². The second kappa shape index (κ2) is 7.31. The van der Waals surface area contributed by atoms with E-state index in [2.05, 4.69) is 15.6 Å². The van der Waals surface area contributed by atoms with Crippen molar-refractivity contribution in [2.24, 2.45) is 17.8 Å². The van der Waals surface area contributed by atoms with Crippen molar-refractivity contribution >= 4 is 34.6 Å². The predicted molar refractivity (Wildman–Crippen MR) is 115 cm³/mol. The van der Waals surface area contributed by atoms with E-state index in [-0.39, 0.29) is 22.7 Å². The van der Waals surface area contributed by atoms with Crippen LogP contribution in [0.15, 0.2) is 41.4 Å². The van der Waals surface area contributed by atoms with E-state index >= 15 is 0 Å². The second-order valence-electron chi connectivity index (χ2n) is 9.23. The van der Waals surface area contributed by atoms with Crippen molar-refractivity contribution < 1.29 is 9.59 Å². The number of nitrogens with one attached hydrogen (secondary N) is 2. The summed E-state index contributed by atoms with van der Waals surface area (Å²) in [7, 11) is 0. The van der Waals surface area contributed by atoms with E-state index in [0.29, 0.717) is 0 Å². The Hall–Kier alpha value is -2.08. The SMILES string of the molecule is CC(Sc1ccnc2ccccc12)C(=O)NC(=O)NC12CC3CC(CC(C3)C1)C2. The van der Waals surface area contributed by atoms with Crippen LogP contribution in [0.2, 0.25) is 0 Å². The number of carbonyl (C=O) groups excluding carboxylic acids is 2. The maximum atomic E-state index is 12.7. The molecule has 0 radical (unpaired) electrons. The molecule has 2 aromatic rings. The summed E-state index contributed by atoms with van der Waals surface area (Å²) in [6.45, 7) is 1.84. The summed E-state index contributed by atoms with van der Waals surface area (Å²) in [5, 5.41) is 6.46. The molecule has 0 saturated heterocycles. The Kier molecular flexibility index (Phi) is 4.77. The van der Waals surface area contributed by atoms with Crippen LogP contribution in [0, 0.1) is 17.8 Å². The number of fused-ring (bicyclic) bond motifs is 1. The molecule has 6 heteroatoms. The molecule has 4 aliphatic rings. The molecule has 1 unspecified atom stereocenters. The molecule has 4 fully saturated rings. The largest absolute Gasteiger partial charge is 0.332 e. The molecule has 152 valence electrons. The van der Waals surface area contributed by atoms with Gasteiger partial charge < -0.3 is 5.32 Å². The minimum absolute atomic E-state index is 0.0865. The Morgan fingerprint density at radius 2 is 1.72 bits per heavy atom. The van der Waals surface area contributed by atoms with Crippen LogP contribution in [-0.2, 0) is 4.79 Å². The lowest BCUT2D eigenvalue weighted by molar-refractivity contribution is -0.119. The fourth-order valence-electron chi connectivity index (χ4n) is 6.17. The van der Waals surface area contributed by atoms with Crippen molar-refractivity contribution in [1.29, 1.82) is 0 Å². The number of para-hydroxylation sites is 1. The van der Waals surface area contributed by atoms with E-state index in [1.54, 1.807) is 6.20 Å². The molecule has 1 heterocycles. The molecule has 1 aromatic carbocycles. The normalized spacial score (nSPS) is 30.9. The fourth-order valence-corrected chi connectivity index (χ4v) is 7.15. The fraction of sp³-hybridized carbons (Fsp3) is 0.522. The molecule has 29 heavy (non-hydrogen) atoms. The van der Waals surface area contributed by atoms with Gasteiger partial charge in [-0.2, -0.15) is 0 Å². The van der Waals surface area contributed by atoms with Crippen LogP contribution in [0.3, 0.4) is 0 Å². The van der Waals surface area contributed by atoms with Gasteiger partial charge in [-0.1, -0.05) is 18.2 Å². The molecular weight excluding hydrogens is 382 g/mol. The number of aromatic nitrogens is 1. The molecule has 1 aromatic heterocycles. The first kappa shape index (κ1) is 18.9. The second-order valence-corrected chi connectivity index (χ2v) is 10.6. The zero-order chi connectivity index (χ0) is 20.0. The van der Waals surface area contributed by atoms with Crippen molar-refractivity contribution in [3.05, 3.63) is 36.5 Å². The van der Waals surface area contributed by atoms with Gasteiger partial charge in [-0.3, -0.25) is 15.1 Å². The Balaban J connectivity index is 1.21. The van der Waals surface area contributed by atoms with Gasteiger partial charge in [0.2, 0.25) is 5.91 Å². The molecule has 3 amide bonds. The van der Waals surface area contributed by atoms with Crippen molar-refractivity contribution in [3.8, 4) is 0 Å². The number of hydrogen-bond acceptors (Lipinski definition) is 4. The highest BCUT2D eigenvalue weighted by molar-refractivity contribution is 8.00. The first-order valence-electron chi connectivity index (χ1n) is 10.6. The number of rotatable bonds is 4. The van der Waals surface area contributed by atoms with Crippen LogP contribution in [0.25, 0.3) is 10.9 Å². The molecule has 1 atom stereocenters. The lowest BCUT2D eigenvalue weighted by Gasteiger charge is -2.56. The van der Waals surface area contributed by atoms with E-state index in [9.17, 15) is 9.59 Å². The predicted octanol–water partition coefficient (Wildman–Crippen LogP) is 4.51. The molecule has 0 spiro atoms. The molecule has 4 aliphatic carbocycles. The quantitative estimate of drug-likeness (QED) is 0.729. The number of carbonyl (C=O) groups is 2. The van der Waals surface area contributed by atoms with Gasteiger partial charge in [-0.15, -0.1) is 11.8 Å². The minimum atomic E-state index is -0.372. The number of pyridine rings is 1. The number of thioether (sulfide) groups is 1. The molecule has 2 N–H and O–H groups in total. The van der Waals surface area contributed by atoms with Gasteiger partial charge in [0.25, 0.3) is 0 Å². The first-order chi connectivity index (χ1) is 14.0. The van der Waals surface area contributed by atoms with Gasteiger partial charge >= 0.3 is 6.03 Å². The minimum Gasteiger partial charge on any atom is -0.332 e. The highest BCUT2D eigenvalue weighted by atomic mass is 32.2. The third-order valence-electron chi connectivity index (χ3n) is 6.94. The lowest BCUT2D eigenvalue weighted by Crippen LogP contribution is -2.62. The average molecular weight is 410 g/mol. The highest BCUT2D eigenvalue weighted by Crippen LogP contribution is 2.55. The summed E-state index contributed by atoms with van der Waals surface area (Å²) in [5.41, 5.74) is 0.821. The van der Waals surface area contributed by atoms with Crippen molar-refractivity contribution in [1.82, 2.24) is 15.6 Å². The maximum Gasteiger partial charge on any atom is 0.321 e. The number of amides is 3. The van der Waals surface area contributed by atoms with Gasteiger partial charge in [0.05, 0.1) is 10.8 Å². The smallest absolute Gasteiger partial charge is 0.321 e. The summed E-state index contributed by atoms with van der Waals surface area (Å²) in [6.07, 6.45) is 8.98. The van der Waals surface area contributed by atoms with Crippen LogP contribution in [0.1, 0.15) is 45.4 Å².